The standard InChI is InChI=1S/C14H19ClN2O2/c1-9-7-12(13(19-2)8-10(9)15)17-14(18)11-5-3-4-6-16-11/h7-8,11,16H,3-6H2,1-2H3,(H,17,18)/t11-/m0/s1. The molecule has 1 aliphatic heterocycles. The van der Waals surface area contributed by atoms with Crippen molar-refractivity contribution in [2.75, 3.05) is 19.0 Å². The Labute approximate surface area is 118 Å². The van der Waals surface area contributed by atoms with Crippen LogP contribution in [0.2, 0.25) is 5.02 Å². The van der Waals surface area contributed by atoms with E-state index in [-0.39, 0.29) is 11.9 Å². The zero-order chi connectivity index (χ0) is 13.8. The SMILES string of the molecule is COc1cc(Cl)c(C)cc1NC(=O)[C@@H]1CCCCN1. The maximum atomic E-state index is 12.2. The highest BCUT2D eigenvalue weighted by atomic mass is 35.5. The lowest BCUT2D eigenvalue weighted by Gasteiger charge is -2.23. The van der Waals surface area contributed by atoms with E-state index in [1.807, 2.05) is 13.0 Å². The molecule has 1 aromatic carbocycles. The van der Waals surface area contributed by atoms with Gasteiger partial charge in [0.2, 0.25) is 5.91 Å². The van der Waals surface area contributed by atoms with Crippen molar-refractivity contribution in [3.8, 4) is 5.75 Å². The van der Waals surface area contributed by atoms with Gasteiger partial charge in [-0.25, -0.2) is 0 Å². The van der Waals surface area contributed by atoms with Gasteiger partial charge in [0.25, 0.3) is 0 Å². The summed E-state index contributed by atoms with van der Waals surface area (Å²) in [6.45, 7) is 2.80. The van der Waals surface area contributed by atoms with Crippen LogP contribution in [0.5, 0.6) is 5.75 Å². The molecule has 1 aromatic rings. The molecule has 0 bridgehead atoms. The Morgan fingerprint density at radius 2 is 2.26 bits per heavy atom. The molecule has 0 spiro atoms. The van der Waals surface area contributed by atoms with Crippen molar-refractivity contribution in [1.82, 2.24) is 5.32 Å². The van der Waals surface area contributed by atoms with E-state index in [9.17, 15) is 4.79 Å². The fourth-order valence-electron chi connectivity index (χ4n) is 2.23. The second-order valence-electron chi connectivity index (χ2n) is 4.79. The van der Waals surface area contributed by atoms with E-state index >= 15 is 0 Å². The minimum atomic E-state index is -0.116. The Bertz CT molecular complexity index is 471. The number of aryl methyl sites for hydroxylation is 1. The summed E-state index contributed by atoms with van der Waals surface area (Å²) in [6.07, 6.45) is 3.09. The molecule has 1 amide bonds. The quantitative estimate of drug-likeness (QED) is 0.896. The number of amides is 1. The molecule has 19 heavy (non-hydrogen) atoms. The van der Waals surface area contributed by atoms with E-state index in [4.69, 9.17) is 16.3 Å². The summed E-state index contributed by atoms with van der Waals surface area (Å²) in [6, 6.07) is 3.44. The number of carbonyl (C=O) groups is 1. The fraction of sp³-hybridized carbons (Fsp3) is 0.500. The van der Waals surface area contributed by atoms with Gasteiger partial charge in [-0.15, -0.1) is 0 Å². The molecule has 5 heteroatoms. The van der Waals surface area contributed by atoms with Gasteiger partial charge in [-0.1, -0.05) is 18.0 Å². The van der Waals surface area contributed by atoms with Crippen molar-refractivity contribution in [2.24, 2.45) is 0 Å². The van der Waals surface area contributed by atoms with Gasteiger partial charge in [-0.05, 0) is 37.9 Å². The average molecular weight is 283 g/mol. The summed E-state index contributed by atoms with van der Waals surface area (Å²) in [5.41, 5.74) is 1.58. The van der Waals surface area contributed by atoms with E-state index in [1.54, 1.807) is 13.2 Å². The van der Waals surface area contributed by atoms with Crippen LogP contribution < -0.4 is 15.4 Å². The van der Waals surface area contributed by atoms with Gasteiger partial charge in [0.15, 0.2) is 0 Å². The first-order valence-electron chi connectivity index (χ1n) is 6.50. The molecular weight excluding hydrogens is 264 g/mol. The van der Waals surface area contributed by atoms with E-state index in [0.717, 1.165) is 31.4 Å². The van der Waals surface area contributed by atoms with Crippen LogP contribution in [0.1, 0.15) is 24.8 Å². The lowest BCUT2D eigenvalue weighted by atomic mass is 10.0. The Balaban J connectivity index is 2.13. The second kappa shape index (κ2) is 6.26. The number of ether oxygens (including phenoxy) is 1. The lowest BCUT2D eigenvalue weighted by molar-refractivity contribution is -0.118. The van der Waals surface area contributed by atoms with Gasteiger partial charge >= 0.3 is 0 Å². The monoisotopic (exact) mass is 282 g/mol. The molecule has 1 aliphatic rings. The highest BCUT2D eigenvalue weighted by molar-refractivity contribution is 6.31. The molecular formula is C14H19ClN2O2. The molecule has 0 aromatic heterocycles. The topological polar surface area (TPSA) is 50.4 Å². The van der Waals surface area contributed by atoms with Crippen LogP contribution in [-0.4, -0.2) is 25.6 Å². The minimum absolute atomic E-state index is 0.0141. The van der Waals surface area contributed by atoms with Gasteiger partial charge in [-0.3, -0.25) is 4.79 Å². The van der Waals surface area contributed by atoms with Crippen LogP contribution in [0, 0.1) is 6.92 Å². The summed E-state index contributed by atoms with van der Waals surface area (Å²) in [5.74, 6) is 0.569. The third-order valence-corrected chi connectivity index (χ3v) is 3.77. The van der Waals surface area contributed by atoms with Gasteiger partial charge in [0.05, 0.1) is 18.8 Å². The van der Waals surface area contributed by atoms with E-state index in [1.165, 1.54) is 0 Å². The van der Waals surface area contributed by atoms with Crippen molar-refractivity contribution in [1.29, 1.82) is 0 Å². The number of benzene rings is 1. The van der Waals surface area contributed by atoms with Crippen LogP contribution in [-0.2, 0) is 4.79 Å². The first-order valence-corrected chi connectivity index (χ1v) is 6.88. The predicted molar refractivity (Wildman–Crippen MR) is 77.0 cm³/mol. The number of rotatable bonds is 3. The normalized spacial score (nSPS) is 19.0. The highest BCUT2D eigenvalue weighted by Crippen LogP contribution is 2.31. The molecule has 2 rings (SSSR count). The van der Waals surface area contributed by atoms with Crippen molar-refractivity contribution in [3.63, 3.8) is 0 Å². The zero-order valence-corrected chi connectivity index (χ0v) is 12.0. The van der Waals surface area contributed by atoms with Crippen molar-refractivity contribution in [2.45, 2.75) is 32.2 Å². The zero-order valence-electron chi connectivity index (χ0n) is 11.3. The van der Waals surface area contributed by atoms with Gasteiger partial charge in [0, 0.05) is 11.1 Å². The summed E-state index contributed by atoms with van der Waals surface area (Å²) < 4.78 is 5.25. The number of methoxy groups -OCH3 is 1. The van der Waals surface area contributed by atoms with Crippen LogP contribution in [0.15, 0.2) is 12.1 Å². The van der Waals surface area contributed by atoms with Crippen molar-refractivity contribution in [3.05, 3.63) is 22.7 Å². The number of anilines is 1. The molecule has 2 N–H and O–H groups in total. The predicted octanol–water partition coefficient (Wildman–Crippen LogP) is 2.74. The smallest absolute Gasteiger partial charge is 0.241 e. The molecule has 1 heterocycles. The number of nitrogens with one attached hydrogen (secondary N) is 2. The Hall–Kier alpha value is -1.26. The number of carbonyl (C=O) groups excluding carboxylic acids is 1. The van der Waals surface area contributed by atoms with Gasteiger partial charge in [0.1, 0.15) is 5.75 Å². The molecule has 0 radical (unpaired) electrons. The second-order valence-corrected chi connectivity index (χ2v) is 5.20. The Morgan fingerprint density at radius 1 is 1.47 bits per heavy atom. The third kappa shape index (κ3) is 3.39. The summed E-state index contributed by atoms with van der Waals surface area (Å²) in [4.78, 5) is 12.2. The first-order chi connectivity index (χ1) is 9.11. The van der Waals surface area contributed by atoms with E-state index < -0.39 is 0 Å². The molecule has 0 unspecified atom stereocenters. The number of hydrogen-bond acceptors (Lipinski definition) is 3. The number of halogens is 1. The maximum absolute atomic E-state index is 12.2. The van der Waals surface area contributed by atoms with Crippen molar-refractivity contribution < 1.29 is 9.53 Å². The molecule has 1 fully saturated rings. The van der Waals surface area contributed by atoms with E-state index in [2.05, 4.69) is 10.6 Å². The molecule has 0 saturated carbocycles. The van der Waals surface area contributed by atoms with Crippen LogP contribution in [0.25, 0.3) is 0 Å². The fourth-order valence-corrected chi connectivity index (χ4v) is 2.38. The van der Waals surface area contributed by atoms with Gasteiger partial charge in [-0.2, -0.15) is 0 Å². The van der Waals surface area contributed by atoms with Crippen molar-refractivity contribution >= 4 is 23.2 Å². The summed E-state index contributed by atoms with van der Waals surface area (Å²) in [5, 5.41) is 6.77. The summed E-state index contributed by atoms with van der Waals surface area (Å²) in [7, 11) is 1.56. The lowest BCUT2D eigenvalue weighted by Crippen LogP contribution is -2.43. The molecule has 4 nitrogen and oxygen atoms in total. The number of hydrogen-bond donors (Lipinski definition) is 2. The molecule has 1 atom stereocenters. The largest absolute Gasteiger partial charge is 0.495 e. The Kier molecular flexibility index (Phi) is 4.66. The molecule has 0 aliphatic carbocycles. The summed E-state index contributed by atoms with van der Waals surface area (Å²) >= 11 is 6.04. The maximum Gasteiger partial charge on any atom is 0.241 e. The third-order valence-electron chi connectivity index (χ3n) is 3.37. The van der Waals surface area contributed by atoms with E-state index in [0.29, 0.717) is 16.5 Å². The molecule has 1 saturated heterocycles. The first kappa shape index (κ1) is 14.2. The Morgan fingerprint density at radius 3 is 2.89 bits per heavy atom. The van der Waals surface area contributed by atoms with Crippen LogP contribution in [0.3, 0.4) is 0 Å². The van der Waals surface area contributed by atoms with Crippen LogP contribution in [0.4, 0.5) is 5.69 Å². The minimum Gasteiger partial charge on any atom is -0.495 e. The van der Waals surface area contributed by atoms with Crippen LogP contribution >= 0.6 is 11.6 Å². The number of piperidine rings is 1. The highest BCUT2D eigenvalue weighted by Gasteiger charge is 2.21. The van der Waals surface area contributed by atoms with Gasteiger partial charge < -0.3 is 15.4 Å². The average Bonchev–Trinajstić information content (AvgIpc) is 2.43. The molecule has 104 valence electrons.